The molecule has 0 aliphatic rings. The fourth-order valence-corrected chi connectivity index (χ4v) is 1.94. The first-order chi connectivity index (χ1) is 9.97. The van der Waals surface area contributed by atoms with E-state index < -0.39 is 22.1 Å². The average Bonchev–Trinajstić information content (AvgIpc) is 2.44. The van der Waals surface area contributed by atoms with E-state index in [0.29, 0.717) is 5.02 Å². The second-order valence-electron chi connectivity index (χ2n) is 4.16. The van der Waals surface area contributed by atoms with Gasteiger partial charge in [0, 0.05) is 17.2 Å². The summed E-state index contributed by atoms with van der Waals surface area (Å²) in [6, 6.07) is 10.6. The second kappa shape index (κ2) is 6.23. The van der Waals surface area contributed by atoms with Gasteiger partial charge in [-0.15, -0.1) is 0 Å². The zero-order valence-corrected chi connectivity index (χ0v) is 11.4. The van der Waals surface area contributed by atoms with Crippen molar-refractivity contribution in [1.82, 2.24) is 0 Å². The lowest BCUT2D eigenvalue weighted by molar-refractivity contribution is -0.385. The number of carboxylic acids is 1. The molecule has 2 rings (SSSR count). The first-order valence-corrected chi connectivity index (χ1v) is 6.24. The van der Waals surface area contributed by atoms with Gasteiger partial charge in [0.2, 0.25) is 0 Å². The van der Waals surface area contributed by atoms with Gasteiger partial charge in [0.1, 0.15) is 17.9 Å². The summed E-state index contributed by atoms with van der Waals surface area (Å²) in [5, 5.41) is 20.3. The van der Waals surface area contributed by atoms with Gasteiger partial charge in [0.15, 0.2) is 0 Å². The summed E-state index contributed by atoms with van der Waals surface area (Å²) in [6.45, 7) is 0.178. The average molecular weight is 308 g/mol. The van der Waals surface area contributed by atoms with E-state index >= 15 is 0 Å². The molecule has 1 N–H and O–H groups in total. The predicted octanol–water partition coefficient (Wildman–Crippen LogP) is 3.53. The van der Waals surface area contributed by atoms with Crippen molar-refractivity contribution < 1.29 is 19.6 Å². The van der Waals surface area contributed by atoms with Crippen molar-refractivity contribution in [2.45, 2.75) is 6.61 Å². The molecule has 0 aliphatic carbocycles. The molecular formula is C14H10ClNO5. The Hall–Kier alpha value is -2.60. The Morgan fingerprint density at radius 3 is 2.67 bits per heavy atom. The van der Waals surface area contributed by atoms with E-state index in [1.165, 1.54) is 6.07 Å². The number of hydrogen-bond acceptors (Lipinski definition) is 4. The zero-order chi connectivity index (χ0) is 15.4. The lowest BCUT2D eigenvalue weighted by Crippen LogP contribution is -2.04. The minimum atomic E-state index is -1.38. The van der Waals surface area contributed by atoms with Gasteiger partial charge < -0.3 is 9.84 Å². The van der Waals surface area contributed by atoms with Crippen LogP contribution in [-0.2, 0) is 6.61 Å². The van der Waals surface area contributed by atoms with Crippen molar-refractivity contribution in [1.29, 1.82) is 0 Å². The number of nitro benzene ring substituents is 1. The third-order valence-corrected chi connectivity index (χ3v) is 2.92. The third-order valence-electron chi connectivity index (χ3n) is 2.69. The molecule has 0 fully saturated rings. The van der Waals surface area contributed by atoms with Crippen LogP contribution < -0.4 is 4.74 Å². The van der Waals surface area contributed by atoms with Gasteiger partial charge >= 0.3 is 5.97 Å². The van der Waals surface area contributed by atoms with E-state index in [4.69, 9.17) is 21.4 Å². The molecule has 0 aliphatic heterocycles. The molecule has 0 amide bonds. The normalized spacial score (nSPS) is 10.1. The second-order valence-corrected chi connectivity index (χ2v) is 4.60. The molecular weight excluding hydrogens is 298 g/mol. The van der Waals surface area contributed by atoms with Gasteiger partial charge in [-0.3, -0.25) is 10.1 Å². The zero-order valence-electron chi connectivity index (χ0n) is 10.7. The van der Waals surface area contributed by atoms with Crippen molar-refractivity contribution in [2.24, 2.45) is 0 Å². The highest BCUT2D eigenvalue weighted by molar-refractivity contribution is 6.30. The van der Waals surface area contributed by atoms with Crippen LogP contribution in [0, 0.1) is 10.1 Å². The molecule has 2 aromatic rings. The number of benzene rings is 2. The predicted molar refractivity (Wildman–Crippen MR) is 75.8 cm³/mol. The fraction of sp³-hybridized carbons (Fsp3) is 0.0714. The summed E-state index contributed by atoms with van der Waals surface area (Å²) in [4.78, 5) is 21.0. The number of nitro groups is 1. The highest BCUT2D eigenvalue weighted by Gasteiger charge is 2.20. The van der Waals surface area contributed by atoms with Gasteiger partial charge in [-0.2, -0.15) is 0 Å². The Morgan fingerprint density at radius 1 is 1.29 bits per heavy atom. The van der Waals surface area contributed by atoms with Crippen LogP contribution in [0.5, 0.6) is 5.75 Å². The monoisotopic (exact) mass is 307 g/mol. The van der Waals surface area contributed by atoms with Crippen LogP contribution in [0.15, 0.2) is 42.5 Å². The number of ether oxygens (including phenoxy) is 1. The van der Waals surface area contributed by atoms with E-state index in [9.17, 15) is 14.9 Å². The van der Waals surface area contributed by atoms with E-state index in [-0.39, 0.29) is 12.4 Å². The van der Waals surface area contributed by atoms with Crippen LogP contribution >= 0.6 is 11.6 Å². The number of halogens is 1. The van der Waals surface area contributed by atoms with Crippen LogP contribution in [0.1, 0.15) is 15.9 Å². The maximum absolute atomic E-state index is 11.0. The standard InChI is InChI=1S/C14H10ClNO5/c15-10-3-1-2-9(6-10)8-21-11-4-5-13(16(19)20)12(7-11)14(17)18/h1-7H,8H2,(H,17,18). The lowest BCUT2D eigenvalue weighted by Gasteiger charge is -2.07. The van der Waals surface area contributed by atoms with Gasteiger partial charge in [0.05, 0.1) is 4.92 Å². The molecule has 0 saturated heterocycles. The highest BCUT2D eigenvalue weighted by atomic mass is 35.5. The topological polar surface area (TPSA) is 89.7 Å². The minimum absolute atomic E-state index is 0.178. The molecule has 0 radical (unpaired) electrons. The molecule has 0 spiro atoms. The fourth-order valence-electron chi connectivity index (χ4n) is 1.73. The SMILES string of the molecule is O=C(O)c1cc(OCc2cccc(Cl)c2)ccc1[N+](=O)[O-]. The molecule has 6 nitrogen and oxygen atoms in total. The van der Waals surface area contributed by atoms with E-state index in [1.54, 1.807) is 24.3 Å². The summed E-state index contributed by atoms with van der Waals surface area (Å²) in [5.74, 6) is -1.15. The van der Waals surface area contributed by atoms with Crippen molar-refractivity contribution >= 4 is 23.3 Å². The lowest BCUT2D eigenvalue weighted by atomic mass is 10.1. The maximum atomic E-state index is 11.0. The summed E-state index contributed by atoms with van der Waals surface area (Å²) < 4.78 is 5.43. The molecule has 0 unspecified atom stereocenters. The van der Waals surface area contributed by atoms with Crippen LogP contribution in [0.3, 0.4) is 0 Å². The van der Waals surface area contributed by atoms with E-state index in [2.05, 4.69) is 0 Å². The van der Waals surface area contributed by atoms with Crippen molar-refractivity contribution in [3.05, 3.63) is 68.7 Å². The van der Waals surface area contributed by atoms with Crippen LogP contribution in [0.25, 0.3) is 0 Å². The summed E-state index contributed by atoms with van der Waals surface area (Å²) in [6.07, 6.45) is 0. The van der Waals surface area contributed by atoms with Crippen LogP contribution in [-0.4, -0.2) is 16.0 Å². The van der Waals surface area contributed by atoms with Gasteiger partial charge in [-0.25, -0.2) is 4.79 Å². The minimum Gasteiger partial charge on any atom is -0.489 e. The Morgan fingerprint density at radius 2 is 2.05 bits per heavy atom. The number of nitrogens with zero attached hydrogens (tertiary/aromatic N) is 1. The van der Waals surface area contributed by atoms with Gasteiger partial charge in [-0.05, 0) is 23.8 Å². The smallest absolute Gasteiger partial charge is 0.342 e. The third kappa shape index (κ3) is 3.70. The van der Waals surface area contributed by atoms with Crippen molar-refractivity contribution in [3.8, 4) is 5.75 Å². The Labute approximate surface area is 124 Å². The molecule has 21 heavy (non-hydrogen) atoms. The largest absolute Gasteiger partial charge is 0.489 e. The Bertz CT molecular complexity index is 702. The number of carbonyl (C=O) groups is 1. The van der Waals surface area contributed by atoms with Crippen LogP contribution in [0.2, 0.25) is 5.02 Å². The first kappa shape index (κ1) is 14.8. The first-order valence-electron chi connectivity index (χ1n) is 5.86. The quantitative estimate of drug-likeness (QED) is 0.674. The van der Waals surface area contributed by atoms with Gasteiger partial charge in [0.25, 0.3) is 5.69 Å². The number of aromatic carboxylic acids is 1. The van der Waals surface area contributed by atoms with Crippen molar-refractivity contribution in [2.75, 3.05) is 0 Å². The Kier molecular flexibility index (Phi) is 4.39. The maximum Gasteiger partial charge on any atom is 0.342 e. The highest BCUT2D eigenvalue weighted by Crippen LogP contribution is 2.25. The molecule has 0 aromatic heterocycles. The van der Waals surface area contributed by atoms with E-state index in [1.807, 2.05) is 0 Å². The molecule has 7 heteroatoms. The molecule has 108 valence electrons. The molecule has 0 bridgehead atoms. The number of carboxylic acid groups (broad SMARTS) is 1. The van der Waals surface area contributed by atoms with Crippen LogP contribution in [0.4, 0.5) is 5.69 Å². The molecule has 0 atom stereocenters. The molecule has 0 heterocycles. The molecule has 2 aromatic carbocycles. The molecule has 0 saturated carbocycles. The van der Waals surface area contributed by atoms with Gasteiger partial charge in [-0.1, -0.05) is 23.7 Å². The summed E-state index contributed by atoms with van der Waals surface area (Å²) >= 11 is 5.84. The summed E-state index contributed by atoms with van der Waals surface area (Å²) in [7, 11) is 0. The van der Waals surface area contributed by atoms with Crippen molar-refractivity contribution in [3.63, 3.8) is 0 Å². The number of rotatable bonds is 5. The Balaban J connectivity index is 2.19. The summed E-state index contributed by atoms with van der Waals surface area (Å²) in [5.41, 5.74) is -0.0843. The van der Waals surface area contributed by atoms with E-state index in [0.717, 1.165) is 17.7 Å². The number of hydrogen-bond donors (Lipinski definition) is 1.